The number of hydrogen-bond acceptors (Lipinski definition) is 4. The molecule has 0 aromatic carbocycles. The highest BCUT2D eigenvalue weighted by atomic mass is 32.2. The first-order valence-corrected chi connectivity index (χ1v) is 7.95. The van der Waals surface area contributed by atoms with Gasteiger partial charge in [0.25, 0.3) is 0 Å². The van der Waals surface area contributed by atoms with E-state index in [9.17, 15) is 13.2 Å². The van der Waals surface area contributed by atoms with Gasteiger partial charge >= 0.3 is 0 Å². The zero-order valence-corrected chi connectivity index (χ0v) is 11.2. The minimum Gasteiger partial charge on any atom is -0.341 e. The molecule has 17 heavy (non-hydrogen) atoms. The van der Waals surface area contributed by atoms with Gasteiger partial charge in [-0.05, 0) is 25.3 Å². The fourth-order valence-corrected chi connectivity index (χ4v) is 3.12. The normalized spacial score (nSPS) is 21.2. The van der Waals surface area contributed by atoms with Gasteiger partial charge in [-0.3, -0.25) is 4.79 Å². The van der Waals surface area contributed by atoms with Crippen molar-refractivity contribution in [1.29, 1.82) is 0 Å². The molecule has 6 heteroatoms. The highest BCUT2D eigenvalue weighted by molar-refractivity contribution is 7.91. The summed E-state index contributed by atoms with van der Waals surface area (Å²) in [4.78, 5) is 13.5. The Kier molecular flexibility index (Phi) is 5.39. The molecule has 0 aromatic rings. The molecule has 0 aliphatic carbocycles. The van der Waals surface area contributed by atoms with Gasteiger partial charge in [0.2, 0.25) is 5.91 Å². The Labute approximate surface area is 103 Å². The van der Waals surface area contributed by atoms with Crippen LogP contribution in [-0.4, -0.2) is 50.4 Å². The first-order valence-electron chi connectivity index (χ1n) is 6.13. The van der Waals surface area contributed by atoms with Crippen LogP contribution in [0.15, 0.2) is 0 Å². The standard InChI is InChI=1S/C11H22N2O3S/c1-10(4-5-12)2-3-11(14)13-6-8-17(15,16)9-7-13/h10H,2-9,12H2,1H3. The summed E-state index contributed by atoms with van der Waals surface area (Å²) >= 11 is 0. The van der Waals surface area contributed by atoms with E-state index in [1.54, 1.807) is 4.90 Å². The molecule has 1 aliphatic heterocycles. The number of sulfone groups is 1. The van der Waals surface area contributed by atoms with Gasteiger partial charge in [0.05, 0.1) is 11.5 Å². The summed E-state index contributed by atoms with van der Waals surface area (Å²) in [5.74, 6) is 0.745. The molecule has 1 rings (SSSR count). The third-order valence-corrected chi connectivity index (χ3v) is 4.82. The number of nitrogens with two attached hydrogens (primary N) is 1. The monoisotopic (exact) mass is 262 g/mol. The van der Waals surface area contributed by atoms with Crippen LogP contribution in [0.1, 0.15) is 26.2 Å². The van der Waals surface area contributed by atoms with Crippen LogP contribution < -0.4 is 5.73 Å². The summed E-state index contributed by atoms with van der Waals surface area (Å²) in [6.07, 6.45) is 2.27. The van der Waals surface area contributed by atoms with Crippen LogP contribution in [0.2, 0.25) is 0 Å². The van der Waals surface area contributed by atoms with E-state index >= 15 is 0 Å². The zero-order chi connectivity index (χ0) is 12.9. The largest absolute Gasteiger partial charge is 0.341 e. The minimum atomic E-state index is -2.90. The molecule has 5 nitrogen and oxygen atoms in total. The van der Waals surface area contributed by atoms with Crippen LogP contribution in [0.3, 0.4) is 0 Å². The average molecular weight is 262 g/mol. The van der Waals surface area contributed by atoms with Crippen molar-refractivity contribution >= 4 is 15.7 Å². The molecule has 1 atom stereocenters. The molecule has 1 saturated heterocycles. The molecule has 0 bridgehead atoms. The maximum absolute atomic E-state index is 11.8. The molecule has 1 amide bonds. The number of nitrogens with zero attached hydrogens (tertiary/aromatic N) is 1. The van der Waals surface area contributed by atoms with Crippen molar-refractivity contribution in [2.45, 2.75) is 26.2 Å². The lowest BCUT2D eigenvalue weighted by Gasteiger charge is -2.27. The minimum absolute atomic E-state index is 0.0729. The van der Waals surface area contributed by atoms with E-state index in [-0.39, 0.29) is 17.4 Å². The number of hydrogen-bond donors (Lipinski definition) is 1. The van der Waals surface area contributed by atoms with Crippen molar-refractivity contribution in [2.75, 3.05) is 31.1 Å². The van der Waals surface area contributed by atoms with Crippen LogP contribution in [0.4, 0.5) is 0 Å². The molecular formula is C11H22N2O3S. The summed E-state index contributed by atoms with van der Waals surface area (Å²) in [6.45, 7) is 3.44. The number of amides is 1. The Morgan fingerprint density at radius 2 is 1.88 bits per heavy atom. The lowest BCUT2D eigenvalue weighted by Crippen LogP contribution is -2.43. The zero-order valence-electron chi connectivity index (χ0n) is 10.4. The second kappa shape index (κ2) is 6.35. The summed E-state index contributed by atoms with van der Waals surface area (Å²) in [5, 5.41) is 0. The molecule has 2 N–H and O–H groups in total. The Morgan fingerprint density at radius 3 is 2.41 bits per heavy atom. The second-order valence-electron chi connectivity index (χ2n) is 4.75. The van der Waals surface area contributed by atoms with Gasteiger partial charge in [-0.2, -0.15) is 0 Å². The van der Waals surface area contributed by atoms with Gasteiger partial charge in [-0.15, -0.1) is 0 Å². The highest BCUT2D eigenvalue weighted by Crippen LogP contribution is 2.12. The Morgan fingerprint density at radius 1 is 1.29 bits per heavy atom. The first kappa shape index (κ1) is 14.4. The summed E-state index contributed by atoms with van der Waals surface area (Å²) in [7, 11) is -2.90. The molecule has 0 aromatic heterocycles. The molecule has 0 saturated carbocycles. The third kappa shape index (κ3) is 5.04. The van der Waals surface area contributed by atoms with Crippen molar-refractivity contribution < 1.29 is 13.2 Å². The maximum Gasteiger partial charge on any atom is 0.222 e. The average Bonchev–Trinajstić information content (AvgIpc) is 2.26. The quantitative estimate of drug-likeness (QED) is 0.756. The number of carbonyl (C=O) groups is 1. The maximum atomic E-state index is 11.8. The number of carbonyl (C=O) groups excluding carboxylic acids is 1. The Balaban J connectivity index is 2.30. The fourth-order valence-electron chi connectivity index (χ4n) is 1.92. The second-order valence-corrected chi connectivity index (χ2v) is 7.06. The van der Waals surface area contributed by atoms with Crippen LogP contribution in [0.5, 0.6) is 0 Å². The van der Waals surface area contributed by atoms with Crippen molar-refractivity contribution in [2.24, 2.45) is 11.7 Å². The van der Waals surface area contributed by atoms with Crippen molar-refractivity contribution in [3.8, 4) is 0 Å². The molecular weight excluding hydrogens is 240 g/mol. The number of rotatable bonds is 5. The smallest absolute Gasteiger partial charge is 0.222 e. The van der Waals surface area contributed by atoms with Crippen LogP contribution >= 0.6 is 0 Å². The van der Waals surface area contributed by atoms with E-state index in [0.29, 0.717) is 32.0 Å². The molecule has 1 aliphatic rings. The Hall–Kier alpha value is -0.620. The predicted octanol–water partition coefficient (Wildman–Crippen LogP) is 0.00850. The molecule has 1 fully saturated rings. The van der Waals surface area contributed by atoms with Crippen molar-refractivity contribution in [3.05, 3.63) is 0 Å². The van der Waals surface area contributed by atoms with Crippen LogP contribution in [0.25, 0.3) is 0 Å². The molecule has 0 radical (unpaired) electrons. The summed E-state index contributed by atoms with van der Waals surface area (Å²) < 4.78 is 22.4. The van der Waals surface area contributed by atoms with Crippen LogP contribution in [-0.2, 0) is 14.6 Å². The van der Waals surface area contributed by atoms with Gasteiger partial charge in [-0.25, -0.2) is 8.42 Å². The highest BCUT2D eigenvalue weighted by Gasteiger charge is 2.24. The summed E-state index contributed by atoms with van der Waals surface area (Å²) in [5.41, 5.74) is 5.45. The molecule has 0 spiro atoms. The van der Waals surface area contributed by atoms with Gasteiger partial charge in [0, 0.05) is 19.5 Å². The van der Waals surface area contributed by atoms with E-state index in [0.717, 1.165) is 12.8 Å². The Bertz CT molecular complexity index is 340. The molecule has 1 heterocycles. The van der Waals surface area contributed by atoms with Crippen molar-refractivity contribution in [3.63, 3.8) is 0 Å². The van der Waals surface area contributed by atoms with Crippen LogP contribution in [0, 0.1) is 5.92 Å². The summed E-state index contributed by atoms with van der Waals surface area (Å²) in [6, 6.07) is 0. The fraction of sp³-hybridized carbons (Fsp3) is 0.909. The van der Waals surface area contributed by atoms with E-state index in [4.69, 9.17) is 5.73 Å². The predicted molar refractivity (Wildman–Crippen MR) is 67.3 cm³/mol. The van der Waals surface area contributed by atoms with E-state index in [2.05, 4.69) is 6.92 Å². The van der Waals surface area contributed by atoms with Gasteiger partial charge in [-0.1, -0.05) is 6.92 Å². The van der Waals surface area contributed by atoms with Crippen molar-refractivity contribution in [1.82, 2.24) is 4.90 Å². The first-order chi connectivity index (χ1) is 7.94. The molecule has 100 valence electrons. The van der Waals surface area contributed by atoms with Gasteiger partial charge in [0.15, 0.2) is 9.84 Å². The lowest BCUT2D eigenvalue weighted by molar-refractivity contribution is -0.131. The van der Waals surface area contributed by atoms with Gasteiger partial charge < -0.3 is 10.6 Å². The van der Waals surface area contributed by atoms with E-state index in [1.807, 2.05) is 0 Å². The van der Waals surface area contributed by atoms with Gasteiger partial charge in [0.1, 0.15) is 0 Å². The van der Waals surface area contributed by atoms with E-state index in [1.165, 1.54) is 0 Å². The SMILES string of the molecule is CC(CCN)CCC(=O)N1CCS(=O)(=O)CC1. The third-order valence-electron chi connectivity index (χ3n) is 3.21. The lowest BCUT2D eigenvalue weighted by atomic mass is 10.0. The molecule has 1 unspecified atom stereocenters. The van der Waals surface area contributed by atoms with E-state index < -0.39 is 9.84 Å². The topological polar surface area (TPSA) is 80.5 Å².